The normalized spacial score (nSPS) is 9.18. The summed E-state index contributed by atoms with van der Waals surface area (Å²) in [6.45, 7) is 0. The van der Waals surface area contributed by atoms with E-state index in [1.165, 1.54) is 0 Å². The summed E-state index contributed by atoms with van der Waals surface area (Å²) in [6.07, 6.45) is 0. The monoisotopic (exact) mass is 187 g/mol. The van der Waals surface area contributed by atoms with Crippen LogP contribution in [0.3, 0.4) is 0 Å². The number of carbonyl (C=O) groups is 1. The first-order valence-corrected chi connectivity index (χ1v) is 4.62. The zero-order valence-corrected chi connectivity index (χ0v) is 7.15. The second kappa shape index (κ2) is 4.26. The lowest BCUT2D eigenvalue weighted by Gasteiger charge is -1.99. The number of hydrogen-bond donors (Lipinski definition) is 1. The molecule has 0 atom stereocenters. The average molecular weight is 188 g/mol. The number of halogens is 1. The van der Waals surface area contributed by atoms with Crippen LogP contribution in [0.15, 0.2) is 30.3 Å². The van der Waals surface area contributed by atoms with Crippen LogP contribution in [0, 0.1) is 0 Å². The molecular formula is C7H6ClNOS. The summed E-state index contributed by atoms with van der Waals surface area (Å²) in [5.74, 6) is 0. The van der Waals surface area contributed by atoms with Gasteiger partial charge in [0, 0.05) is 16.7 Å². The highest BCUT2D eigenvalue weighted by atomic mass is 35.7. The van der Waals surface area contributed by atoms with Crippen LogP contribution < -0.4 is 5.32 Å². The maximum atomic E-state index is 10.7. The van der Waals surface area contributed by atoms with Gasteiger partial charge < -0.3 is 5.32 Å². The summed E-state index contributed by atoms with van der Waals surface area (Å²) in [4.78, 5) is 10.7. The van der Waals surface area contributed by atoms with Crippen molar-refractivity contribution in [3.63, 3.8) is 0 Å². The first-order valence-electron chi connectivity index (χ1n) is 2.97. The molecule has 0 spiro atoms. The molecular weight excluding hydrogens is 182 g/mol. The van der Waals surface area contributed by atoms with Gasteiger partial charge >= 0.3 is 0 Å². The van der Waals surface area contributed by atoms with Crippen LogP contribution in [0.4, 0.5) is 10.5 Å². The van der Waals surface area contributed by atoms with Gasteiger partial charge in [0.05, 0.1) is 0 Å². The van der Waals surface area contributed by atoms with E-state index in [4.69, 9.17) is 10.7 Å². The van der Waals surface area contributed by atoms with Crippen molar-refractivity contribution in [3.8, 4) is 0 Å². The number of benzene rings is 1. The molecule has 1 rings (SSSR count). The molecule has 1 aromatic carbocycles. The van der Waals surface area contributed by atoms with Crippen molar-refractivity contribution in [1.29, 1.82) is 0 Å². The molecule has 0 fully saturated rings. The topological polar surface area (TPSA) is 29.1 Å². The molecule has 0 aliphatic heterocycles. The highest BCUT2D eigenvalue weighted by molar-refractivity contribution is 8.32. The summed E-state index contributed by atoms with van der Waals surface area (Å²) in [6, 6.07) is 9.16. The van der Waals surface area contributed by atoms with Crippen LogP contribution in [-0.4, -0.2) is 5.24 Å². The first-order chi connectivity index (χ1) is 5.33. The van der Waals surface area contributed by atoms with Crippen LogP contribution in [0.5, 0.6) is 0 Å². The summed E-state index contributed by atoms with van der Waals surface area (Å²) in [5.41, 5.74) is 0.755. The fourth-order valence-electron chi connectivity index (χ4n) is 0.659. The van der Waals surface area contributed by atoms with Gasteiger partial charge in [0.2, 0.25) is 0 Å². The molecule has 2 nitrogen and oxygen atoms in total. The van der Waals surface area contributed by atoms with Crippen LogP contribution in [0.1, 0.15) is 0 Å². The van der Waals surface area contributed by atoms with Gasteiger partial charge in [0.1, 0.15) is 0 Å². The third kappa shape index (κ3) is 2.82. The molecule has 0 aromatic heterocycles. The smallest absolute Gasteiger partial charge is 0.298 e. The van der Waals surface area contributed by atoms with Gasteiger partial charge in [-0.2, -0.15) is 0 Å². The molecule has 1 N–H and O–H groups in total. The lowest BCUT2D eigenvalue weighted by Crippen LogP contribution is -2.01. The highest BCUT2D eigenvalue weighted by Gasteiger charge is 1.98. The molecule has 0 unspecified atom stereocenters. The number of carbonyl (C=O) groups excluding carboxylic acids is 1. The molecule has 0 aliphatic rings. The van der Waals surface area contributed by atoms with E-state index in [2.05, 4.69) is 5.32 Å². The maximum Gasteiger partial charge on any atom is 0.298 e. The van der Waals surface area contributed by atoms with E-state index < -0.39 is 0 Å². The van der Waals surface area contributed by atoms with Crippen molar-refractivity contribution in [2.24, 2.45) is 0 Å². The fraction of sp³-hybridized carbons (Fsp3) is 0. The number of amides is 1. The fourth-order valence-corrected chi connectivity index (χ4v) is 0.931. The van der Waals surface area contributed by atoms with Gasteiger partial charge in [-0.15, -0.1) is 0 Å². The van der Waals surface area contributed by atoms with E-state index in [-0.39, 0.29) is 5.24 Å². The Hall–Kier alpha value is -0.670. The molecule has 58 valence electrons. The number of nitrogens with one attached hydrogen (secondary N) is 1. The number of hydrogen-bond acceptors (Lipinski definition) is 2. The van der Waals surface area contributed by atoms with Crippen molar-refractivity contribution < 1.29 is 4.79 Å². The Morgan fingerprint density at radius 1 is 1.36 bits per heavy atom. The van der Waals surface area contributed by atoms with E-state index in [1.54, 1.807) is 12.1 Å². The molecule has 1 aromatic rings. The zero-order chi connectivity index (χ0) is 8.10. The Morgan fingerprint density at radius 3 is 2.55 bits per heavy atom. The third-order valence-electron chi connectivity index (χ3n) is 1.09. The van der Waals surface area contributed by atoms with E-state index in [9.17, 15) is 4.79 Å². The van der Waals surface area contributed by atoms with Gasteiger partial charge in [0.15, 0.2) is 0 Å². The van der Waals surface area contributed by atoms with Gasteiger partial charge in [0.25, 0.3) is 5.24 Å². The molecule has 0 bridgehead atoms. The SMILES string of the molecule is O=C(Nc1ccccc1)SCl. The molecule has 0 saturated carbocycles. The van der Waals surface area contributed by atoms with Crippen LogP contribution in [0.25, 0.3) is 0 Å². The third-order valence-corrected chi connectivity index (χ3v) is 1.75. The Labute approximate surface area is 73.4 Å². The zero-order valence-electron chi connectivity index (χ0n) is 5.58. The number of para-hydroxylation sites is 1. The van der Waals surface area contributed by atoms with Crippen molar-refractivity contribution in [1.82, 2.24) is 0 Å². The largest absolute Gasteiger partial charge is 0.316 e. The quantitative estimate of drug-likeness (QED) is 0.732. The van der Waals surface area contributed by atoms with E-state index >= 15 is 0 Å². The molecule has 0 saturated heterocycles. The van der Waals surface area contributed by atoms with Gasteiger partial charge in [-0.3, -0.25) is 4.79 Å². The summed E-state index contributed by atoms with van der Waals surface area (Å²) >= 11 is 0. The summed E-state index contributed by atoms with van der Waals surface area (Å²) in [5, 5.41) is 2.32. The average Bonchev–Trinajstić information content (AvgIpc) is 2.06. The van der Waals surface area contributed by atoms with Gasteiger partial charge in [-0.05, 0) is 22.8 Å². The van der Waals surface area contributed by atoms with Gasteiger partial charge in [-0.1, -0.05) is 18.2 Å². The molecule has 4 heteroatoms. The predicted octanol–water partition coefficient (Wildman–Crippen LogP) is 3.11. The van der Waals surface area contributed by atoms with Crippen molar-refractivity contribution in [2.45, 2.75) is 0 Å². The van der Waals surface area contributed by atoms with Crippen LogP contribution >= 0.6 is 21.7 Å². The minimum Gasteiger partial charge on any atom is -0.316 e. The second-order valence-electron chi connectivity index (χ2n) is 1.86. The number of anilines is 1. The maximum absolute atomic E-state index is 10.7. The van der Waals surface area contributed by atoms with E-state index in [0.717, 1.165) is 5.69 Å². The predicted molar refractivity (Wildman–Crippen MR) is 48.9 cm³/mol. The molecule has 0 radical (unpaired) electrons. The standard InChI is InChI=1S/C7H6ClNOS/c8-11-7(10)9-6-4-2-1-3-5-6/h1-5H,(H,9,10). The minimum absolute atomic E-state index is 0.266. The van der Waals surface area contributed by atoms with Crippen LogP contribution in [0.2, 0.25) is 0 Å². The highest BCUT2D eigenvalue weighted by Crippen LogP contribution is 2.12. The molecule has 11 heavy (non-hydrogen) atoms. The minimum atomic E-state index is -0.266. The van der Waals surface area contributed by atoms with E-state index in [1.807, 2.05) is 18.2 Å². The lowest BCUT2D eigenvalue weighted by molar-refractivity contribution is 0.270. The van der Waals surface area contributed by atoms with Crippen LogP contribution in [-0.2, 0) is 0 Å². The van der Waals surface area contributed by atoms with Crippen molar-refractivity contribution in [2.75, 3.05) is 5.32 Å². The Kier molecular flexibility index (Phi) is 3.26. The Morgan fingerprint density at radius 2 is 2.00 bits per heavy atom. The lowest BCUT2D eigenvalue weighted by atomic mass is 10.3. The molecule has 1 amide bonds. The van der Waals surface area contributed by atoms with Gasteiger partial charge in [-0.25, -0.2) is 0 Å². The Bertz CT molecular complexity index is 239. The second-order valence-corrected chi connectivity index (χ2v) is 2.84. The van der Waals surface area contributed by atoms with E-state index in [0.29, 0.717) is 11.0 Å². The van der Waals surface area contributed by atoms with Crippen molar-refractivity contribution >= 4 is 32.6 Å². The summed E-state index contributed by atoms with van der Waals surface area (Å²) in [7, 11) is 5.85. The van der Waals surface area contributed by atoms with Crippen molar-refractivity contribution in [3.05, 3.63) is 30.3 Å². The molecule has 0 heterocycles. The Balaban J connectivity index is 2.58. The summed E-state index contributed by atoms with van der Waals surface area (Å²) < 4.78 is 0. The first kappa shape index (κ1) is 8.43. The molecule has 0 aliphatic carbocycles. The number of rotatable bonds is 1.